The molecule has 0 unspecified atom stereocenters. The fraction of sp³-hybridized carbons (Fsp3) is 0.333. The average molecular weight is 376 g/mol. The topological polar surface area (TPSA) is 75.9 Å². The van der Waals surface area contributed by atoms with Crippen molar-refractivity contribution < 1.29 is 4.79 Å². The molecule has 7 heteroatoms. The van der Waals surface area contributed by atoms with E-state index >= 15 is 0 Å². The Morgan fingerprint density at radius 1 is 1.25 bits per heavy atom. The first-order valence-electron chi connectivity index (χ1n) is 9.59. The molecule has 1 fully saturated rings. The summed E-state index contributed by atoms with van der Waals surface area (Å²) in [7, 11) is 1.76. The first kappa shape index (κ1) is 18.3. The lowest BCUT2D eigenvalue weighted by atomic mass is 9.95. The minimum Gasteiger partial charge on any atom is -0.304 e. The predicted octanol–water partition coefficient (Wildman–Crippen LogP) is 3.19. The number of amides is 1. The number of carbonyl (C=O) groups excluding carboxylic acids is 1. The number of nitrogens with one attached hydrogen (secondary N) is 1. The maximum absolute atomic E-state index is 12.5. The molecule has 28 heavy (non-hydrogen) atoms. The minimum absolute atomic E-state index is 0.176. The zero-order valence-electron chi connectivity index (χ0n) is 16.0. The Morgan fingerprint density at radius 3 is 2.96 bits per heavy atom. The van der Waals surface area contributed by atoms with Gasteiger partial charge in [0.2, 0.25) is 0 Å². The van der Waals surface area contributed by atoms with E-state index in [1.54, 1.807) is 17.9 Å². The molecular weight excluding hydrogens is 352 g/mol. The van der Waals surface area contributed by atoms with E-state index in [2.05, 4.69) is 37.6 Å². The third-order valence-corrected chi connectivity index (χ3v) is 5.10. The van der Waals surface area contributed by atoms with Crippen LogP contribution in [0.2, 0.25) is 0 Å². The highest BCUT2D eigenvalue weighted by Crippen LogP contribution is 2.31. The second-order valence-electron chi connectivity index (χ2n) is 7.20. The van der Waals surface area contributed by atoms with E-state index in [1.807, 2.05) is 36.7 Å². The van der Waals surface area contributed by atoms with Crippen molar-refractivity contribution in [3.05, 3.63) is 71.7 Å². The van der Waals surface area contributed by atoms with Crippen LogP contribution in [0.3, 0.4) is 0 Å². The van der Waals surface area contributed by atoms with Crippen molar-refractivity contribution in [2.45, 2.75) is 31.8 Å². The molecule has 1 N–H and O–H groups in total. The van der Waals surface area contributed by atoms with Crippen molar-refractivity contribution in [2.75, 3.05) is 11.9 Å². The molecule has 3 aromatic rings. The number of carbonyl (C=O) groups is 1. The SMILES string of the molecule is Cn1cc(NC(=O)c2cccc(CN3CCCC[C@@H]3c3cccnc3)c2)nn1. The van der Waals surface area contributed by atoms with Gasteiger partial charge in [0.05, 0.1) is 6.20 Å². The summed E-state index contributed by atoms with van der Waals surface area (Å²) in [5.41, 5.74) is 3.01. The van der Waals surface area contributed by atoms with Crippen LogP contribution in [0.25, 0.3) is 0 Å². The van der Waals surface area contributed by atoms with Crippen LogP contribution in [-0.2, 0) is 13.6 Å². The number of aromatic nitrogens is 4. The lowest BCUT2D eigenvalue weighted by Crippen LogP contribution is -2.33. The summed E-state index contributed by atoms with van der Waals surface area (Å²) in [4.78, 5) is 19.3. The Labute approximate surface area is 164 Å². The van der Waals surface area contributed by atoms with Gasteiger partial charge in [0.15, 0.2) is 5.82 Å². The fourth-order valence-electron chi connectivity index (χ4n) is 3.77. The third kappa shape index (κ3) is 4.26. The van der Waals surface area contributed by atoms with Crippen molar-refractivity contribution in [3.8, 4) is 0 Å². The monoisotopic (exact) mass is 376 g/mol. The molecule has 1 atom stereocenters. The Hall–Kier alpha value is -3.06. The maximum atomic E-state index is 12.5. The maximum Gasteiger partial charge on any atom is 0.256 e. The fourth-order valence-corrected chi connectivity index (χ4v) is 3.77. The van der Waals surface area contributed by atoms with E-state index in [-0.39, 0.29) is 5.91 Å². The van der Waals surface area contributed by atoms with Gasteiger partial charge >= 0.3 is 0 Å². The number of rotatable bonds is 5. The van der Waals surface area contributed by atoms with Crippen LogP contribution in [-0.4, -0.2) is 37.3 Å². The molecule has 0 aliphatic carbocycles. The van der Waals surface area contributed by atoms with Crippen molar-refractivity contribution in [1.29, 1.82) is 0 Å². The van der Waals surface area contributed by atoms with Gasteiger partial charge in [-0.1, -0.05) is 29.8 Å². The lowest BCUT2D eigenvalue weighted by Gasteiger charge is -2.36. The van der Waals surface area contributed by atoms with Gasteiger partial charge in [0, 0.05) is 37.6 Å². The molecule has 1 amide bonds. The summed E-state index contributed by atoms with van der Waals surface area (Å²) >= 11 is 0. The normalized spacial score (nSPS) is 17.4. The van der Waals surface area contributed by atoms with Crippen LogP contribution >= 0.6 is 0 Å². The average Bonchev–Trinajstić information content (AvgIpc) is 3.14. The molecule has 1 aromatic carbocycles. The molecule has 7 nitrogen and oxygen atoms in total. The van der Waals surface area contributed by atoms with E-state index in [1.165, 1.54) is 18.4 Å². The van der Waals surface area contributed by atoms with Gasteiger partial charge in [-0.15, -0.1) is 5.10 Å². The number of aryl methyl sites for hydroxylation is 1. The number of hydrogen-bond donors (Lipinski definition) is 1. The highest BCUT2D eigenvalue weighted by molar-refractivity contribution is 6.03. The van der Waals surface area contributed by atoms with Gasteiger partial charge in [-0.05, 0) is 48.7 Å². The van der Waals surface area contributed by atoms with E-state index in [0.717, 1.165) is 25.1 Å². The number of pyridine rings is 1. The largest absolute Gasteiger partial charge is 0.304 e. The van der Waals surface area contributed by atoms with E-state index in [0.29, 0.717) is 17.4 Å². The zero-order valence-corrected chi connectivity index (χ0v) is 16.0. The second kappa shape index (κ2) is 8.31. The first-order valence-corrected chi connectivity index (χ1v) is 9.59. The molecule has 2 aromatic heterocycles. The molecule has 144 valence electrons. The van der Waals surface area contributed by atoms with Crippen LogP contribution in [0.5, 0.6) is 0 Å². The number of nitrogens with zero attached hydrogens (tertiary/aromatic N) is 5. The third-order valence-electron chi connectivity index (χ3n) is 5.10. The van der Waals surface area contributed by atoms with Gasteiger partial charge in [-0.25, -0.2) is 0 Å². The smallest absolute Gasteiger partial charge is 0.256 e. The number of benzene rings is 1. The number of piperidine rings is 1. The van der Waals surface area contributed by atoms with E-state index in [9.17, 15) is 4.79 Å². The van der Waals surface area contributed by atoms with E-state index in [4.69, 9.17) is 0 Å². The highest BCUT2D eigenvalue weighted by atomic mass is 16.1. The zero-order chi connectivity index (χ0) is 19.3. The van der Waals surface area contributed by atoms with Gasteiger partial charge in [-0.3, -0.25) is 19.4 Å². The Morgan fingerprint density at radius 2 is 2.18 bits per heavy atom. The highest BCUT2D eigenvalue weighted by Gasteiger charge is 2.24. The van der Waals surface area contributed by atoms with Gasteiger partial charge in [0.25, 0.3) is 5.91 Å². The quantitative estimate of drug-likeness (QED) is 0.740. The number of hydrogen-bond acceptors (Lipinski definition) is 5. The van der Waals surface area contributed by atoms with Gasteiger partial charge in [-0.2, -0.15) is 0 Å². The van der Waals surface area contributed by atoms with Crippen molar-refractivity contribution in [3.63, 3.8) is 0 Å². The minimum atomic E-state index is -0.176. The summed E-state index contributed by atoms with van der Waals surface area (Å²) in [6.07, 6.45) is 9.02. The molecule has 0 bridgehead atoms. The molecular formula is C21H24N6O. The summed E-state index contributed by atoms with van der Waals surface area (Å²) in [6.45, 7) is 1.86. The molecule has 3 heterocycles. The molecule has 0 spiro atoms. The summed E-state index contributed by atoms with van der Waals surface area (Å²) < 4.78 is 1.56. The molecule has 1 saturated heterocycles. The van der Waals surface area contributed by atoms with E-state index < -0.39 is 0 Å². The molecule has 4 rings (SSSR count). The molecule has 1 aliphatic rings. The van der Waals surface area contributed by atoms with Crippen LogP contribution in [0, 0.1) is 0 Å². The van der Waals surface area contributed by atoms with Crippen molar-refractivity contribution in [1.82, 2.24) is 24.9 Å². The number of likely N-dealkylation sites (tertiary alicyclic amines) is 1. The second-order valence-corrected chi connectivity index (χ2v) is 7.20. The van der Waals surface area contributed by atoms with Crippen LogP contribution in [0.15, 0.2) is 55.0 Å². The molecule has 0 radical (unpaired) electrons. The van der Waals surface area contributed by atoms with Crippen LogP contribution in [0.4, 0.5) is 5.82 Å². The Kier molecular flexibility index (Phi) is 5.43. The van der Waals surface area contributed by atoms with Gasteiger partial charge in [0.1, 0.15) is 0 Å². The van der Waals surface area contributed by atoms with Crippen LogP contribution < -0.4 is 5.32 Å². The first-order chi connectivity index (χ1) is 13.7. The van der Waals surface area contributed by atoms with Crippen LogP contribution in [0.1, 0.15) is 46.8 Å². The van der Waals surface area contributed by atoms with Crippen molar-refractivity contribution in [2.24, 2.45) is 7.05 Å². The lowest BCUT2D eigenvalue weighted by molar-refractivity contribution is 0.102. The summed E-state index contributed by atoms with van der Waals surface area (Å²) in [6, 6.07) is 12.3. The summed E-state index contributed by atoms with van der Waals surface area (Å²) in [5.74, 6) is 0.273. The number of anilines is 1. The molecule has 1 aliphatic heterocycles. The van der Waals surface area contributed by atoms with Gasteiger partial charge < -0.3 is 5.32 Å². The summed E-state index contributed by atoms with van der Waals surface area (Å²) in [5, 5.41) is 10.5. The Balaban J connectivity index is 1.48. The standard InChI is InChI=1S/C21H24N6O/c1-26-15-20(24-25-26)23-21(28)17-7-4-6-16(12-17)14-27-11-3-2-9-19(27)18-8-5-10-22-13-18/h4-8,10,12-13,15,19H,2-3,9,11,14H2,1H3,(H,23,28)/t19-/m1/s1. The molecule has 0 saturated carbocycles. The van der Waals surface area contributed by atoms with Crippen molar-refractivity contribution >= 4 is 11.7 Å². The Bertz CT molecular complexity index is 939. The predicted molar refractivity (Wildman–Crippen MR) is 107 cm³/mol.